The highest BCUT2D eigenvalue weighted by molar-refractivity contribution is 5.78. The average molecular weight is 229 g/mol. The molecule has 4 heteroatoms. The number of para-hydroxylation sites is 1. The maximum absolute atomic E-state index is 11.8. The van der Waals surface area contributed by atoms with Crippen molar-refractivity contribution >= 4 is 6.29 Å². The van der Waals surface area contributed by atoms with Gasteiger partial charge in [0.2, 0.25) is 0 Å². The minimum Gasteiger partial charge on any atom is -0.496 e. The topological polar surface area (TPSA) is 48.3 Å². The maximum atomic E-state index is 11.8. The molecule has 0 aliphatic carbocycles. The fourth-order valence-corrected chi connectivity index (χ4v) is 1.59. The van der Waals surface area contributed by atoms with Crippen molar-refractivity contribution in [2.75, 3.05) is 7.11 Å². The van der Waals surface area contributed by atoms with Gasteiger partial charge in [-0.25, -0.2) is 0 Å². The zero-order valence-electron chi connectivity index (χ0n) is 9.29. The Balaban J connectivity index is 2.64. The zero-order valence-corrected chi connectivity index (χ0v) is 9.29. The second-order valence-electron chi connectivity index (χ2n) is 3.46. The second kappa shape index (κ2) is 4.65. The molecule has 17 heavy (non-hydrogen) atoms. The Morgan fingerprint density at radius 3 is 2.53 bits per heavy atom. The number of pyridine rings is 1. The van der Waals surface area contributed by atoms with E-state index in [0.29, 0.717) is 17.5 Å². The molecule has 0 spiro atoms. The molecule has 0 fully saturated rings. The molecule has 0 unspecified atom stereocenters. The summed E-state index contributed by atoms with van der Waals surface area (Å²) in [4.78, 5) is 22.7. The fourth-order valence-electron chi connectivity index (χ4n) is 1.59. The summed E-state index contributed by atoms with van der Waals surface area (Å²) in [5, 5.41) is 0. The van der Waals surface area contributed by atoms with Crippen LogP contribution in [0.5, 0.6) is 5.75 Å². The molecule has 0 saturated heterocycles. The summed E-state index contributed by atoms with van der Waals surface area (Å²) >= 11 is 0. The van der Waals surface area contributed by atoms with Crippen LogP contribution < -0.4 is 10.3 Å². The third-order valence-corrected chi connectivity index (χ3v) is 2.43. The van der Waals surface area contributed by atoms with Crippen LogP contribution in [0.2, 0.25) is 0 Å². The largest absolute Gasteiger partial charge is 0.496 e. The molecule has 0 aliphatic rings. The van der Waals surface area contributed by atoms with Crippen LogP contribution in [-0.2, 0) is 0 Å². The van der Waals surface area contributed by atoms with Gasteiger partial charge in [0.1, 0.15) is 5.75 Å². The highest BCUT2D eigenvalue weighted by atomic mass is 16.5. The molecule has 1 heterocycles. The van der Waals surface area contributed by atoms with Gasteiger partial charge in [0.05, 0.1) is 12.7 Å². The number of rotatable bonds is 3. The average Bonchev–Trinajstić information content (AvgIpc) is 2.39. The predicted octanol–water partition coefficient (Wildman–Crippen LogP) is 1.66. The van der Waals surface area contributed by atoms with Crippen LogP contribution >= 0.6 is 0 Å². The summed E-state index contributed by atoms with van der Waals surface area (Å²) in [6.45, 7) is 0. The Labute approximate surface area is 98.1 Å². The first kappa shape index (κ1) is 11.1. The molecule has 0 radical (unpaired) electrons. The van der Waals surface area contributed by atoms with E-state index >= 15 is 0 Å². The summed E-state index contributed by atoms with van der Waals surface area (Å²) in [7, 11) is 1.43. The number of aromatic nitrogens is 1. The summed E-state index contributed by atoms with van der Waals surface area (Å²) in [5.74, 6) is 0.289. The first-order valence-corrected chi connectivity index (χ1v) is 5.07. The van der Waals surface area contributed by atoms with E-state index in [4.69, 9.17) is 4.74 Å². The lowest BCUT2D eigenvalue weighted by atomic mass is 10.2. The molecule has 4 nitrogen and oxygen atoms in total. The fraction of sp³-hybridized carbons (Fsp3) is 0.0769. The molecular weight excluding hydrogens is 218 g/mol. The van der Waals surface area contributed by atoms with Gasteiger partial charge >= 0.3 is 0 Å². The molecule has 0 aliphatic heterocycles. The van der Waals surface area contributed by atoms with E-state index in [-0.39, 0.29) is 11.3 Å². The lowest BCUT2D eigenvalue weighted by Crippen LogP contribution is -2.18. The highest BCUT2D eigenvalue weighted by Gasteiger charge is 2.07. The van der Waals surface area contributed by atoms with E-state index < -0.39 is 0 Å². The molecule has 86 valence electrons. The van der Waals surface area contributed by atoms with Crippen molar-refractivity contribution in [2.45, 2.75) is 0 Å². The predicted molar refractivity (Wildman–Crippen MR) is 64.0 cm³/mol. The Hall–Kier alpha value is -2.36. The number of aldehydes is 1. The molecule has 0 atom stereocenters. The van der Waals surface area contributed by atoms with E-state index in [0.717, 1.165) is 0 Å². The number of carbonyl (C=O) groups excluding carboxylic acids is 1. The quantitative estimate of drug-likeness (QED) is 0.752. The van der Waals surface area contributed by atoms with Crippen molar-refractivity contribution in [3.63, 3.8) is 0 Å². The molecule has 0 bridgehead atoms. The Bertz CT molecular complexity index is 587. The first-order valence-electron chi connectivity index (χ1n) is 5.07. The normalized spacial score (nSPS) is 9.94. The third-order valence-electron chi connectivity index (χ3n) is 2.43. The number of carbonyl (C=O) groups is 1. The number of benzene rings is 1. The Morgan fingerprint density at radius 2 is 1.94 bits per heavy atom. The Morgan fingerprint density at radius 1 is 1.24 bits per heavy atom. The SMILES string of the molecule is COc1cc(=O)n(-c2ccccc2)cc1C=O. The molecule has 2 rings (SSSR count). The zero-order chi connectivity index (χ0) is 12.3. The van der Waals surface area contributed by atoms with Crippen LogP contribution in [0.3, 0.4) is 0 Å². The highest BCUT2D eigenvalue weighted by Crippen LogP contribution is 2.14. The molecule has 0 N–H and O–H groups in total. The third kappa shape index (κ3) is 2.10. The van der Waals surface area contributed by atoms with Crippen molar-refractivity contribution in [3.05, 3.63) is 58.5 Å². The summed E-state index contributed by atoms with van der Waals surface area (Å²) < 4.78 is 6.37. The molecule has 0 saturated carbocycles. The maximum Gasteiger partial charge on any atom is 0.258 e. The minimum atomic E-state index is -0.237. The van der Waals surface area contributed by atoms with E-state index in [9.17, 15) is 9.59 Å². The molecule has 0 amide bonds. The van der Waals surface area contributed by atoms with Crippen LogP contribution in [0.4, 0.5) is 0 Å². The monoisotopic (exact) mass is 229 g/mol. The van der Waals surface area contributed by atoms with Crippen LogP contribution in [-0.4, -0.2) is 18.0 Å². The van der Waals surface area contributed by atoms with Crippen molar-refractivity contribution < 1.29 is 9.53 Å². The van der Waals surface area contributed by atoms with Gasteiger partial charge < -0.3 is 4.74 Å². The van der Waals surface area contributed by atoms with E-state index in [1.807, 2.05) is 18.2 Å². The number of nitrogens with zero attached hydrogens (tertiary/aromatic N) is 1. The van der Waals surface area contributed by atoms with Crippen molar-refractivity contribution in [1.82, 2.24) is 4.57 Å². The first-order chi connectivity index (χ1) is 8.26. The van der Waals surface area contributed by atoms with Gasteiger partial charge in [0.25, 0.3) is 5.56 Å². The van der Waals surface area contributed by atoms with E-state index in [1.54, 1.807) is 12.1 Å². The molecule has 2 aromatic rings. The van der Waals surface area contributed by atoms with Gasteiger partial charge in [-0.05, 0) is 12.1 Å². The van der Waals surface area contributed by atoms with Crippen molar-refractivity contribution in [3.8, 4) is 11.4 Å². The molecule has 1 aromatic heterocycles. The number of hydrogen-bond acceptors (Lipinski definition) is 3. The second-order valence-corrected chi connectivity index (χ2v) is 3.46. The number of hydrogen-bond donors (Lipinski definition) is 0. The number of ether oxygens (including phenoxy) is 1. The Kier molecular flexibility index (Phi) is 3.05. The van der Waals surface area contributed by atoms with Crippen molar-refractivity contribution in [2.24, 2.45) is 0 Å². The molecule has 1 aromatic carbocycles. The van der Waals surface area contributed by atoms with Gasteiger partial charge in [-0.15, -0.1) is 0 Å². The van der Waals surface area contributed by atoms with Crippen molar-refractivity contribution in [1.29, 1.82) is 0 Å². The van der Waals surface area contributed by atoms with E-state index in [1.165, 1.54) is 23.9 Å². The van der Waals surface area contributed by atoms with Gasteiger partial charge in [0.15, 0.2) is 6.29 Å². The van der Waals surface area contributed by atoms with Gasteiger partial charge in [-0.3, -0.25) is 14.2 Å². The standard InChI is InChI=1S/C13H11NO3/c1-17-12-7-13(16)14(8-10(12)9-15)11-5-3-2-4-6-11/h2-9H,1H3. The van der Waals surface area contributed by atoms with Gasteiger partial charge in [0, 0.05) is 18.0 Å². The van der Waals surface area contributed by atoms with Gasteiger partial charge in [-0.1, -0.05) is 18.2 Å². The van der Waals surface area contributed by atoms with Crippen LogP contribution in [0.1, 0.15) is 10.4 Å². The van der Waals surface area contributed by atoms with Crippen LogP contribution in [0.25, 0.3) is 5.69 Å². The lowest BCUT2D eigenvalue weighted by molar-refractivity contribution is 0.112. The molecular formula is C13H11NO3. The number of methoxy groups -OCH3 is 1. The minimum absolute atomic E-state index is 0.237. The lowest BCUT2D eigenvalue weighted by Gasteiger charge is -2.08. The van der Waals surface area contributed by atoms with E-state index in [2.05, 4.69) is 0 Å². The van der Waals surface area contributed by atoms with Gasteiger partial charge in [-0.2, -0.15) is 0 Å². The summed E-state index contributed by atoms with van der Waals surface area (Å²) in [6, 6.07) is 10.4. The summed E-state index contributed by atoms with van der Waals surface area (Å²) in [5.41, 5.74) is 0.817. The van der Waals surface area contributed by atoms with Crippen LogP contribution in [0.15, 0.2) is 47.4 Å². The van der Waals surface area contributed by atoms with Crippen LogP contribution in [0, 0.1) is 0 Å². The smallest absolute Gasteiger partial charge is 0.258 e. The summed E-state index contributed by atoms with van der Waals surface area (Å²) in [6.07, 6.45) is 2.14.